The van der Waals surface area contributed by atoms with Crippen molar-refractivity contribution in [3.63, 3.8) is 0 Å². The van der Waals surface area contributed by atoms with E-state index in [1.807, 2.05) is 0 Å². The van der Waals surface area contributed by atoms with E-state index >= 15 is 0 Å². The van der Waals surface area contributed by atoms with Crippen molar-refractivity contribution in [3.8, 4) is 24.2 Å². The molecule has 0 unspecified atom stereocenters. The Balaban J connectivity index is 2.13. The van der Waals surface area contributed by atoms with Gasteiger partial charge in [0.1, 0.15) is 17.7 Å². The molecule has 0 aliphatic carbocycles. The number of amides is 1. The van der Waals surface area contributed by atoms with Crippen molar-refractivity contribution in [2.45, 2.75) is 4.90 Å². The number of rotatable bonds is 1. The van der Waals surface area contributed by atoms with E-state index in [0.29, 0.717) is 0 Å². The van der Waals surface area contributed by atoms with Crippen LogP contribution in [0, 0.1) is 23.7 Å². The summed E-state index contributed by atoms with van der Waals surface area (Å²) in [7, 11) is -3.60. The third-order valence-electron chi connectivity index (χ3n) is 3.67. The van der Waals surface area contributed by atoms with Gasteiger partial charge in [-0.05, 0) is 24.3 Å². The lowest BCUT2D eigenvalue weighted by Crippen LogP contribution is -2.30. The molecule has 3 rings (SSSR count). The fourth-order valence-electron chi connectivity index (χ4n) is 2.53. The summed E-state index contributed by atoms with van der Waals surface area (Å²) in [5, 5.41) is 18.9. The van der Waals surface area contributed by atoms with E-state index in [9.17, 15) is 18.3 Å². The Kier molecular flexibility index (Phi) is 3.52. The molecule has 0 fully saturated rings. The Morgan fingerprint density at radius 3 is 2.58 bits per heavy atom. The van der Waals surface area contributed by atoms with E-state index in [1.54, 1.807) is 18.2 Å². The van der Waals surface area contributed by atoms with Gasteiger partial charge in [-0.25, -0.2) is 8.42 Å². The summed E-state index contributed by atoms with van der Waals surface area (Å²) in [5.74, 6) is 0.717. The van der Waals surface area contributed by atoms with Gasteiger partial charge >= 0.3 is 0 Å². The van der Waals surface area contributed by atoms with Gasteiger partial charge in [0.05, 0.1) is 21.7 Å². The summed E-state index contributed by atoms with van der Waals surface area (Å²) < 4.78 is 24.4. The quantitative estimate of drug-likeness (QED) is 0.797. The van der Waals surface area contributed by atoms with Crippen LogP contribution in [0.2, 0.25) is 0 Å². The van der Waals surface area contributed by atoms with Crippen molar-refractivity contribution in [1.29, 1.82) is 5.26 Å². The molecular formula is C17H10N2O4S. The minimum absolute atomic E-state index is 0.00672. The second-order valence-corrected chi connectivity index (χ2v) is 7.05. The van der Waals surface area contributed by atoms with Crippen LogP contribution in [0.5, 0.6) is 5.75 Å². The second-order valence-electron chi connectivity index (χ2n) is 5.12. The molecular weight excluding hydrogens is 328 g/mol. The average molecular weight is 338 g/mol. The first-order chi connectivity index (χ1) is 11.4. The van der Waals surface area contributed by atoms with Crippen LogP contribution in [0.15, 0.2) is 41.3 Å². The van der Waals surface area contributed by atoms with Crippen molar-refractivity contribution in [2.75, 3.05) is 10.8 Å². The highest BCUT2D eigenvalue weighted by molar-refractivity contribution is 7.92. The van der Waals surface area contributed by atoms with Crippen LogP contribution >= 0.6 is 0 Å². The van der Waals surface area contributed by atoms with Crippen LogP contribution < -0.4 is 4.90 Å². The Labute approximate surface area is 138 Å². The Morgan fingerprint density at radius 1 is 1.25 bits per heavy atom. The summed E-state index contributed by atoms with van der Waals surface area (Å²) in [6.07, 6.45) is 5.28. The number of hydrogen-bond acceptors (Lipinski definition) is 5. The Hall–Kier alpha value is -3.29. The van der Waals surface area contributed by atoms with Gasteiger partial charge in [-0.3, -0.25) is 9.69 Å². The largest absolute Gasteiger partial charge is 0.505 e. The number of benzene rings is 2. The maximum atomic E-state index is 12.7. The molecule has 118 valence electrons. The first-order valence-corrected chi connectivity index (χ1v) is 8.41. The molecule has 6 nitrogen and oxygen atoms in total. The van der Waals surface area contributed by atoms with Gasteiger partial charge < -0.3 is 5.11 Å². The van der Waals surface area contributed by atoms with Crippen LogP contribution in [-0.4, -0.2) is 25.3 Å². The van der Waals surface area contributed by atoms with Gasteiger partial charge in [-0.1, -0.05) is 18.1 Å². The maximum Gasteiger partial charge on any atom is 0.259 e. The standard InChI is InChI=1S/C17H10N2O4S/c1-2-11-7-12(8-13(9-18)16(11)20)17(21)19-10-24(22,23)15-6-4-3-5-14(15)19/h1,3-8,20H,10H2. The molecule has 7 heteroatoms. The fourth-order valence-corrected chi connectivity index (χ4v) is 4.05. The van der Waals surface area contributed by atoms with Gasteiger partial charge in [-0.15, -0.1) is 6.42 Å². The number of phenolic OH excluding ortho intramolecular Hbond substituents is 1. The molecule has 0 saturated heterocycles. The van der Waals surface area contributed by atoms with E-state index < -0.39 is 21.6 Å². The van der Waals surface area contributed by atoms with Crippen molar-refractivity contribution >= 4 is 21.4 Å². The molecule has 0 radical (unpaired) electrons. The summed E-state index contributed by atoms with van der Waals surface area (Å²) in [6, 6.07) is 10.4. The predicted molar refractivity (Wildman–Crippen MR) is 86.1 cm³/mol. The molecule has 0 saturated carbocycles. The zero-order chi connectivity index (χ0) is 17.5. The molecule has 0 atom stereocenters. The van der Waals surface area contributed by atoms with Gasteiger partial charge in [0.15, 0.2) is 9.84 Å². The monoisotopic (exact) mass is 338 g/mol. The average Bonchev–Trinajstić information content (AvgIpc) is 2.86. The number of terminal acetylenes is 1. The zero-order valence-corrected chi connectivity index (χ0v) is 13.0. The maximum absolute atomic E-state index is 12.7. The first kappa shape index (κ1) is 15.6. The van der Waals surface area contributed by atoms with Gasteiger partial charge in [0.25, 0.3) is 5.91 Å². The molecule has 1 heterocycles. The van der Waals surface area contributed by atoms with E-state index in [4.69, 9.17) is 11.7 Å². The molecule has 0 aromatic heterocycles. The van der Waals surface area contributed by atoms with E-state index in [2.05, 4.69) is 5.92 Å². The van der Waals surface area contributed by atoms with E-state index in [0.717, 1.165) is 4.90 Å². The Morgan fingerprint density at radius 2 is 1.92 bits per heavy atom. The molecule has 2 aromatic carbocycles. The molecule has 1 amide bonds. The highest BCUT2D eigenvalue weighted by Gasteiger charge is 2.36. The smallest absolute Gasteiger partial charge is 0.259 e. The number of aromatic hydroxyl groups is 1. The van der Waals surface area contributed by atoms with Crippen molar-refractivity contribution in [3.05, 3.63) is 53.1 Å². The minimum atomic E-state index is -3.60. The number of sulfone groups is 1. The van der Waals surface area contributed by atoms with Crippen molar-refractivity contribution in [2.24, 2.45) is 0 Å². The molecule has 2 aromatic rings. The summed E-state index contributed by atoms with van der Waals surface area (Å²) in [6.45, 7) is 0. The van der Waals surface area contributed by atoms with Crippen molar-refractivity contribution < 1.29 is 18.3 Å². The first-order valence-electron chi connectivity index (χ1n) is 6.76. The highest BCUT2D eigenvalue weighted by Crippen LogP contribution is 2.35. The number of phenols is 1. The van der Waals surface area contributed by atoms with Gasteiger partial charge in [0, 0.05) is 5.56 Å². The van der Waals surface area contributed by atoms with Crippen LogP contribution in [0.3, 0.4) is 0 Å². The number of hydrogen-bond donors (Lipinski definition) is 1. The highest BCUT2D eigenvalue weighted by atomic mass is 32.2. The third-order valence-corrected chi connectivity index (χ3v) is 5.28. The second kappa shape index (κ2) is 5.41. The van der Waals surface area contributed by atoms with Crippen LogP contribution in [0.1, 0.15) is 21.5 Å². The molecule has 24 heavy (non-hydrogen) atoms. The number of nitrogens with zero attached hydrogens (tertiary/aromatic N) is 2. The lowest BCUT2D eigenvalue weighted by atomic mass is 10.0. The predicted octanol–water partition coefficient (Wildman–Crippen LogP) is 1.64. The van der Waals surface area contributed by atoms with Gasteiger partial charge in [0.2, 0.25) is 0 Å². The molecule has 0 bridgehead atoms. The normalized spacial score (nSPS) is 14.5. The Bertz CT molecular complexity index is 1020. The molecule has 1 aliphatic heterocycles. The van der Waals surface area contributed by atoms with E-state index in [1.165, 1.54) is 24.3 Å². The lowest BCUT2D eigenvalue weighted by Gasteiger charge is -2.16. The third kappa shape index (κ3) is 2.28. The van der Waals surface area contributed by atoms with Crippen LogP contribution in [0.25, 0.3) is 0 Å². The van der Waals surface area contributed by atoms with E-state index in [-0.39, 0.29) is 33.0 Å². The molecule has 1 N–H and O–H groups in total. The lowest BCUT2D eigenvalue weighted by molar-refractivity contribution is 0.0991. The van der Waals surface area contributed by atoms with Gasteiger partial charge in [-0.2, -0.15) is 5.26 Å². The summed E-state index contributed by atoms with van der Waals surface area (Å²) >= 11 is 0. The SMILES string of the molecule is C#Cc1cc(C(=O)N2CS(=O)(=O)c3ccccc32)cc(C#N)c1O. The van der Waals surface area contributed by atoms with Crippen molar-refractivity contribution in [1.82, 2.24) is 0 Å². The fraction of sp³-hybridized carbons (Fsp3) is 0.0588. The molecule has 0 spiro atoms. The number of fused-ring (bicyclic) bond motifs is 1. The summed E-state index contributed by atoms with van der Waals surface area (Å²) in [5.41, 5.74) is 0.150. The zero-order valence-electron chi connectivity index (χ0n) is 12.2. The summed E-state index contributed by atoms with van der Waals surface area (Å²) in [4.78, 5) is 13.9. The molecule has 1 aliphatic rings. The topological polar surface area (TPSA) is 98.5 Å². The number of para-hydroxylation sites is 1. The number of anilines is 1. The minimum Gasteiger partial charge on any atom is -0.505 e. The van der Waals surface area contributed by atoms with Crippen LogP contribution in [-0.2, 0) is 9.84 Å². The van der Waals surface area contributed by atoms with Crippen LogP contribution in [0.4, 0.5) is 5.69 Å². The number of carbonyl (C=O) groups is 1. The number of carbonyl (C=O) groups excluding carboxylic acids is 1. The number of nitriles is 1.